The molecule has 1 aliphatic heterocycles. The van der Waals surface area contributed by atoms with Crippen molar-refractivity contribution in [3.05, 3.63) is 57.8 Å². The molecular formula is C19H19Cl2N3O2. The van der Waals surface area contributed by atoms with Gasteiger partial charge in [0, 0.05) is 30.5 Å². The second-order valence-electron chi connectivity index (χ2n) is 6.51. The van der Waals surface area contributed by atoms with Crippen LogP contribution in [0.2, 0.25) is 10.0 Å². The molecule has 0 spiro atoms. The zero-order valence-corrected chi connectivity index (χ0v) is 15.8. The van der Waals surface area contributed by atoms with Gasteiger partial charge < -0.3 is 10.2 Å². The van der Waals surface area contributed by atoms with Gasteiger partial charge in [-0.05, 0) is 49.1 Å². The van der Waals surface area contributed by atoms with E-state index in [-0.39, 0.29) is 17.5 Å². The summed E-state index contributed by atoms with van der Waals surface area (Å²) in [6.07, 6.45) is 3.60. The number of anilines is 1. The molecule has 2 aromatic rings. The van der Waals surface area contributed by atoms with Crippen molar-refractivity contribution in [2.45, 2.75) is 19.8 Å². The molecule has 1 atom stereocenters. The first-order valence-corrected chi connectivity index (χ1v) is 9.21. The summed E-state index contributed by atoms with van der Waals surface area (Å²) in [7, 11) is 0. The van der Waals surface area contributed by atoms with Gasteiger partial charge in [-0.25, -0.2) is 0 Å². The van der Waals surface area contributed by atoms with Crippen LogP contribution in [-0.2, 0) is 0 Å². The maximum Gasteiger partial charge on any atom is 0.272 e. The number of nitrogens with zero attached hydrogens (tertiary/aromatic N) is 2. The number of carbonyl (C=O) groups is 2. The van der Waals surface area contributed by atoms with Crippen molar-refractivity contribution in [1.82, 2.24) is 9.88 Å². The molecule has 26 heavy (non-hydrogen) atoms. The number of benzene rings is 1. The summed E-state index contributed by atoms with van der Waals surface area (Å²) in [4.78, 5) is 31.1. The number of hydrogen-bond acceptors (Lipinski definition) is 3. The molecule has 3 rings (SSSR count). The minimum absolute atomic E-state index is 0.138. The number of hydrogen-bond donors (Lipinski definition) is 1. The second-order valence-corrected chi connectivity index (χ2v) is 7.33. The van der Waals surface area contributed by atoms with Crippen LogP contribution in [0.15, 0.2) is 36.5 Å². The Balaban J connectivity index is 1.74. The van der Waals surface area contributed by atoms with Gasteiger partial charge in [0.05, 0.1) is 10.0 Å². The first-order valence-electron chi connectivity index (χ1n) is 8.46. The summed E-state index contributed by atoms with van der Waals surface area (Å²) in [5.74, 6) is 0.00132. The monoisotopic (exact) mass is 391 g/mol. The van der Waals surface area contributed by atoms with E-state index in [1.165, 1.54) is 12.3 Å². The molecule has 0 saturated carbocycles. The van der Waals surface area contributed by atoms with Gasteiger partial charge in [0.1, 0.15) is 5.69 Å². The highest BCUT2D eigenvalue weighted by Gasteiger charge is 2.23. The Morgan fingerprint density at radius 1 is 1.19 bits per heavy atom. The van der Waals surface area contributed by atoms with Crippen LogP contribution in [0.4, 0.5) is 5.69 Å². The zero-order valence-electron chi connectivity index (χ0n) is 14.3. The average Bonchev–Trinajstić information content (AvgIpc) is 2.64. The van der Waals surface area contributed by atoms with E-state index in [2.05, 4.69) is 17.2 Å². The van der Waals surface area contributed by atoms with Crippen LogP contribution in [-0.4, -0.2) is 34.8 Å². The molecule has 2 amide bonds. The molecule has 1 aromatic heterocycles. The third kappa shape index (κ3) is 4.34. The number of rotatable bonds is 3. The van der Waals surface area contributed by atoms with Crippen LogP contribution in [0, 0.1) is 5.92 Å². The van der Waals surface area contributed by atoms with Crippen LogP contribution in [0.25, 0.3) is 0 Å². The van der Waals surface area contributed by atoms with Crippen LogP contribution in [0.3, 0.4) is 0 Å². The highest BCUT2D eigenvalue weighted by atomic mass is 35.5. The normalized spacial score (nSPS) is 17.0. The predicted octanol–water partition coefficient (Wildman–Crippen LogP) is 4.51. The first kappa shape index (κ1) is 18.7. The standard InChI is InChI=1S/C19H19Cl2N3O2/c1-12-3-2-8-24(11-12)19(26)17-9-13(6-7-22-17)18(25)23-14-4-5-15(20)16(21)10-14/h4-7,9-10,12H,2-3,8,11H2,1H3,(H,23,25). The number of carbonyl (C=O) groups excluding carboxylic acids is 2. The zero-order chi connectivity index (χ0) is 18.7. The Kier molecular flexibility index (Phi) is 5.79. The van der Waals surface area contributed by atoms with Crippen molar-refractivity contribution < 1.29 is 9.59 Å². The SMILES string of the molecule is CC1CCCN(C(=O)c2cc(C(=O)Nc3ccc(Cl)c(Cl)c3)ccn2)C1. The molecule has 1 unspecified atom stereocenters. The van der Waals surface area contributed by atoms with Crippen molar-refractivity contribution in [1.29, 1.82) is 0 Å². The van der Waals surface area contributed by atoms with E-state index >= 15 is 0 Å². The van der Waals surface area contributed by atoms with Gasteiger partial charge in [-0.2, -0.15) is 0 Å². The maximum atomic E-state index is 12.7. The fourth-order valence-corrected chi connectivity index (χ4v) is 3.30. The van der Waals surface area contributed by atoms with E-state index in [1.807, 2.05) is 0 Å². The van der Waals surface area contributed by atoms with E-state index in [0.717, 1.165) is 25.9 Å². The summed E-state index contributed by atoms with van der Waals surface area (Å²) in [6, 6.07) is 7.94. The molecule has 1 aliphatic rings. The summed E-state index contributed by atoms with van der Waals surface area (Å²) < 4.78 is 0. The largest absolute Gasteiger partial charge is 0.337 e. The van der Waals surface area contributed by atoms with Crippen LogP contribution >= 0.6 is 23.2 Å². The summed E-state index contributed by atoms with van der Waals surface area (Å²) >= 11 is 11.8. The molecule has 0 bridgehead atoms. The quantitative estimate of drug-likeness (QED) is 0.836. The average molecular weight is 392 g/mol. The summed E-state index contributed by atoms with van der Waals surface area (Å²) in [5, 5.41) is 3.51. The van der Waals surface area contributed by atoms with Gasteiger partial charge in [0.2, 0.25) is 0 Å². The smallest absolute Gasteiger partial charge is 0.272 e. The molecular weight excluding hydrogens is 373 g/mol. The van der Waals surface area contributed by atoms with E-state index in [0.29, 0.717) is 27.2 Å². The van der Waals surface area contributed by atoms with Crippen molar-refractivity contribution >= 4 is 40.7 Å². The lowest BCUT2D eigenvalue weighted by Crippen LogP contribution is -2.39. The Labute approximate surface area is 162 Å². The van der Waals surface area contributed by atoms with Crippen molar-refractivity contribution in [3.8, 4) is 0 Å². The molecule has 0 radical (unpaired) electrons. The molecule has 1 aromatic carbocycles. The number of aromatic nitrogens is 1. The van der Waals surface area contributed by atoms with Gasteiger partial charge in [0.25, 0.3) is 11.8 Å². The van der Waals surface area contributed by atoms with Crippen molar-refractivity contribution in [2.75, 3.05) is 18.4 Å². The number of pyridine rings is 1. The third-order valence-electron chi connectivity index (χ3n) is 4.36. The van der Waals surface area contributed by atoms with Crippen molar-refractivity contribution in [3.63, 3.8) is 0 Å². The molecule has 5 nitrogen and oxygen atoms in total. The van der Waals surface area contributed by atoms with Gasteiger partial charge in [-0.1, -0.05) is 30.1 Å². The third-order valence-corrected chi connectivity index (χ3v) is 5.10. The minimum atomic E-state index is -0.341. The van der Waals surface area contributed by atoms with E-state index in [1.54, 1.807) is 29.2 Å². The molecule has 1 N–H and O–H groups in total. The highest BCUT2D eigenvalue weighted by molar-refractivity contribution is 6.42. The van der Waals surface area contributed by atoms with Crippen LogP contribution in [0.5, 0.6) is 0 Å². The number of piperidine rings is 1. The topological polar surface area (TPSA) is 62.3 Å². The minimum Gasteiger partial charge on any atom is -0.337 e. The van der Waals surface area contributed by atoms with Crippen LogP contribution < -0.4 is 5.32 Å². The molecule has 2 heterocycles. The Morgan fingerprint density at radius 2 is 2.00 bits per heavy atom. The molecule has 136 valence electrons. The molecule has 7 heteroatoms. The predicted molar refractivity (Wildman–Crippen MR) is 103 cm³/mol. The highest BCUT2D eigenvalue weighted by Crippen LogP contribution is 2.25. The molecule has 1 fully saturated rings. The van der Waals surface area contributed by atoms with E-state index < -0.39 is 0 Å². The van der Waals surface area contributed by atoms with Crippen LogP contribution in [0.1, 0.15) is 40.6 Å². The number of likely N-dealkylation sites (tertiary alicyclic amines) is 1. The van der Waals surface area contributed by atoms with Gasteiger partial charge in [-0.15, -0.1) is 0 Å². The Hall–Kier alpha value is -2.11. The Bertz CT molecular complexity index is 841. The van der Waals surface area contributed by atoms with Gasteiger partial charge in [-0.3, -0.25) is 14.6 Å². The molecule has 1 saturated heterocycles. The number of amides is 2. The number of halogens is 2. The maximum absolute atomic E-state index is 12.7. The fourth-order valence-electron chi connectivity index (χ4n) is 3.00. The van der Waals surface area contributed by atoms with E-state index in [9.17, 15) is 9.59 Å². The lowest BCUT2D eigenvalue weighted by atomic mass is 10.00. The fraction of sp³-hybridized carbons (Fsp3) is 0.316. The summed E-state index contributed by atoms with van der Waals surface area (Å²) in [5.41, 5.74) is 1.17. The lowest BCUT2D eigenvalue weighted by Gasteiger charge is -2.30. The molecule has 0 aliphatic carbocycles. The second kappa shape index (κ2) is 8.06. The first-order chi connectivity index (χ1) is 12.4. The van der Waals surface area contributed by atoms with Gasteiger partial charge in [0.15, 0.2) is 0 Å². The summed E-state index contributed by atoms with van der Waals surface area (Å²) in [6.45, 7) is 3.58. The van der Waals surface area contributed by atoms with Crippen molar-refractivity contribution in [2.24, 2.45) is 5.92 Å². The van der Waals surface area contributed by atoms with Gasteiger partial charge >= 0.3 is 0 Å². The Morgan fingerprint density at radius 3 is 2.73 bits per heavy atom. The van der Waals surface area contributed by atoms with E-state index in [4.69, 9.17) is 23.2 Å². The number of nitrogens with one attached hydrogen (secondary N) is 1. The lowest BCUT2D eigenvalue weighted by molar-refractivity contribution is 0.0677.